The van der Waals surface area contributed by atoms with E-state index in [-0.39, 0.29) is 23.7 Å². The third-order valence-corrected chi connectivity index (χ3v) is 4.20. The lowest BCUT2D eigenvalue weighted by Gasteiger charge is -2.30. The maximum absolute atomic E-state index is 12.6. The van der Waals surface area contributed by atoms with Crippen molar-refractivity contribution >= 4 is 28.9 Å². The van der Waals surface area contributed by atoms with E-state index in [9.17, 15) is 19.7 Å². The molecule has 0 radical (unpaired) electrons. The topological polar surface area (TPSA) is 105 Å². The van der Waals surface area contributed by atoms with E-state index in [0.29, 0.717) is 24.3 Å². The average Bonchev–Trinajstić information content (AvgIpc) is 2.62. The van der Waals surface area contributed by atoms with Crippen LogP contribution in [0.5, 0.6) is 0 Å². The van der Waals surface area contributed by atoms with Crippen LogP contribution in [0, 0.1) is 17.0 Å². The number of aryl methyl sites for hydroxylation is 1. The molecule has 1 heterocycles. The lowest BCUT2D eigenvalue weighted by molar-refractivity contribution is -0.385. The van der Waals surface area contributed by atoms with Gasteiger partial charge in [-0.3, -0.25) is 19.7 Å². The monoisotopic (exact) mass is 354 g/mol. The van der Waals surface area contributed by atoms with Gasteiger partial charge in [0, 0.05) is 30.3 Å². The summed E-state index contributed by atoms with van der Waals surface area (Å²) in [7, 11) is 0. The molecule has 0 bridgehead atoms. The van der Waals surface area contributed by atoms with Crippen LogP contribution in [0.2, 0.25) is 0 Å². The first kappa shape index (κ1) is 17.4. The van der Waals surface area contributed by atoms with Crippen molar-refractivity contribution in [3.63, 3.8) is 0 Å². The fourth-order valence-electron chi connectivity index (χ4n) is 2.84. The van der Waals surface area contributed by atoms with Crippen molar-refractivity contribution in [3.05, 3.63) is 63.7 Å². The number of nitrogens with one attached hydrogen (secondary N) is 2. The number of para-hydroxylation sites is 2. The molecule has 3 rings (SSSR count). The molecule has 0 spiro atoms. The van der Waals surface area contributed by atoms with Crippen LogP contribution in [0.15, 0.2) is 42.5 Å². The van der Waals surface area contributed by atoms with Gasteiger partial charge in [0.05, 0.1) is 22.8 Å². The summed E-state index contributed by atoms with van der Waals surface area (Å²) in [6.07, 6.45) is 0. The Hall–Kier alpha value is -3.42. The molecule has 0 aromatic heterocycles. The number of hydrogen-bond donors (Lipinski definition) is 2. The number of nitro groups is 1. The van der Waals surface area contributed by atoms with E-state index in [1.807, 2.05) is 17.0 Å². The first-order chi connectivity index (χ1) is 12.5. The van der Waals surface area contributed by atoms with E-state index in [1.54, 1.807) is 31.2 Å². The molecule has 0 saturated carbocycles. The smallest absolute Gasteiger partial charge is 0.273 e. The predicted molar refractivity (Wildman–Crippen MR) is 97.5 cm³/mol. The van der Waals surface area contributed by atoms with Gasteiger partial charge in [0.1, 0.15) is 0 Å². The second kappa shape index (κ2) is 7.22. The van der Waals surface area contributed by atoms with Gasteiger partial charge in [-0.15, -0.1) is 0 Å². The Balaban J connectivity index is 1.85. The van der Waals surface area contributed by atoms with Crippen molar-refractivity contribution in [2.75, 3.05) is 29.9 Å². The highest BCUT2D eigenvalue weighted by molar-refractivity contribution is 6.06. The summed E-state index contributed by atoms with van der Waals surface area (Å²) >= 11 is 0. The van der Waals surface area contributed by atoms with Crippen LogP contribution >= 0.6 is 0 Å². The number of carbonyl (C=O) groups excluding carboxylic acids is 2. The number of piperazine rings is 1. The number of anilines is 2. The minimum atomic E-state index is -0.508. The third kappa shape index (κ3) is 3.64. The summed E-state index contributed by atoms with van der Waals surface area (Å²) < 4.78 is 0. The minimum Gasteiger partial charge on any atom is -0.359 e. The molecule has 26 heavy (non-hydrogen) atoms. The van der Waals surface area contributed by atoms with Gasteiger partial charge in [0.15, 0.2) is 0 Å². The zero-order valence-corrected chi connectivity index (χ0v) is 14.2. The second-order valence-corrected chi connectivity index (χ2v) is 6.00. The molecule has 1 aliphatic rings. The lowest BCUT2D eigenvalue weighted by Crippen LogP contribution is -2.47. The summed E-state index contributed by atoms with van der Waals surface area (Å²) in [5.41, 5.74) is 1.88. The largest absolute Gasteiger partial charge is 0.359 e. The predicted octanol–water partition coefficient (Wildman–Crippen LogP) is 2.09. The van der Waals surface area contributed by atoms with Crippen molar-refractivity contribution in [2.24, 2.45) is 0 Å². The highest BCUT2D eigenvalue weighted by atomic mass is 16.6. The standard InChI is InChI=1S/C18H18N4O4/c1-12-6-7-13(10-16(12)22(25)26)18(24)20-14-4-2-3-5-15(14)21-9-8-19-17(23)11-21/h2-7,10H,8-9,11H2,1H3,(H,19,23)(H,20,24). The van der Waals surface area contributed by atoms with E-state index in [1.165, 1.54) is 6.07 Å². The zero-order chi connectivity index (χ0) is 18.7. The maximum Gasteiger partial charge on any atom is 0.273 e. The molecule has 134 valence electrons. The molecule has 2 amide bonds. The van der Waals surface area contributed by atoms with Crippen molar-refractivity contribution in [3.8, 4) is 0 Å². The SMILES string of the molecule is Cc1ccc(C(=O)Nc2ccccc2N2CCNC(=O)C2)cc1[N+](=O)[O-]. The molecular formula is C18H18N4O4. The first-order valence-electron chi connectivity index (χ1n) is 8.13. The van der Waals surface area contributed by atoms with Crippen LogP contribution in [-0.4, -0.2) is 36.4 Å². The zero-order valence-electron chi connectivity index (χ0n) is 14.2. The summed E-state index contributed by atoms with van der Waals surface area (Å²) in [6.45, 7) is 3.00. The van der Waals surface area contributed by atoms with E-state index in [4.69, 9.17) is 0 Å². The Morgan fingerprint density at radius 1 is 1.27 bits per heavy atom. The van der Waals surface area contributed by atoms with Gasteiger partial charge in [-0.2, -0.15) is 0 Å². The molecule has 8 nitrogen and oxygen atoms in total. The Kier molecular flexibility index (Phi) is 4.83. The molecule has 2 aromatic carbocycles. The number of hydrogen-bond acceptors (Lipinski definition) is 5. The van der Waals surface area contributed by atoms with E-state index in [2.05, 4.69) is 10.6 Å². The minimum absolute atomic E-state index is 0.0773. The van der Waals surface area contributed by atoms with Gasteiger partial charge in [-0.05, 0) is 25.1 Å². The quantitative estimate of drug-likeness (QED) is 0.646. The molecule has 0 aliphatic carbocycles. The van der Waals surface area contributed by atoms with Crippen molar-refractivity contribution in [1.82, 2.24) is 5.32 Å². The molecule has 0 atom stereocenters. The van der Waals surface area contributed by atoms with E-state index in [0.717, 1.165) is 5.69 Å². The van der Waals surface area contributed by atoms with Gasteiger partial charge in [0.2, 0.25) is 5.91 Å². The normalized spacial score (nSPS) is 13.9. The van der Waals surface area contributed by atoms with Gasteiger partial charge in [-0.1, -0.05) is 18.2 Å². The van der Waals surface area contributed by atoms with Crippen LogP contribution in [0.4, 0.5) is 17.1 Å². The van der Waals surface area contributed by atoms with Crippen LogP contribution in [-0.2, 0) is 4.79 Å². The summed E-state index contributed by atoms with van der Waals surface area (Å²) in [4.78, 5) is 36.6. The highest BCUT2D eigenvalue weighted by Crippen LogP contribution is 2.27. The van der Waals surface area contributed by atoms with E-state index < -0.39 is 10.8 Å². The maximum atomic E-state index is 12.6. The number of benzene rings is 2. The molecule has 8 heteroatoms. The molecule has 1 saturated heterocycles. The van der Waals surface area contributed by atoms with Crippen LogP contribution in [0.1, 0.15) is 15.9 Å². The molecule has 1 fully saturated rings. The number of carbonyl (C=O) groups is 2. The third-order valence-electron chi connectivity index (χ3n) is 4.20. The summed E-state index contributed by atoms with van der Waals surface area (Å²) in [5.74, 6) is -0.520. The fourth-order valence-corrected chi connectivity index (χ4v) is 2.84. The van der Waals surface area contributed by atoms with Crippen LogP contribution in [0.25, 0.3) is 0 Å². The molecule has 0 unspecified atom stereocenters. The first-order valence-corrected chi connectivity index (χ1v) is 8.13. The van der Waals surface area contributed by atoms with E-state index >= 15 is 0 Å². The Morgan fingerprint density at radius 2 is 2.04 bits per heavy atom. The van der Waals surface area contributed by atoms with Crippen LogP contribution in [0.3, 0.4) is 0 Å². The van der Waals surface area contributed by atoms with Gasteiger partial charge in [0.25, 0.3) is 11.6 Å². The summed E-state index contributed by atoms with van der Waals surface area (Å²) in [6, 6.07) is 11.5. The number of rotatable bonds is 4. The Morgan fingerprint density at radius 3 is 2.77 bits per heavy atom. The van der Waals surface area contributed by atoms with Crippen LogP contribution < -0.4 is 15.5 Å². The summed E-state index contributed by atoms with van der Waals surface area (Å²) in [5, 5.41) is 16.6. The molecule has 1 aliphatic heterocycles. The second-order valence-electron chi connectivity index (χ2n) is 6.00. The fraction of sp³-hybridized carbons (Fsp3) is 0.222. The Labute approximate surface area is 150 Å². The Bertz CT molecular complexity index is 881. The molecule has 2 N–H and O–H groups in total. The van der Waals surface area contributed by atoms with Crippen molar-refractivity contribution < 1.29 is 14.5 Å². The highest BCUT2D eigenvalue weighted by Gasteiger charge is 2.20. The van der Waals surface area contributed by atoms with Gasteiger partial charge >= 0.3 is 0 Å². The number of nitro benzene ring substituents is 1. The van der Waals surface area contributed by atoms with Gasteiger partial charge in [-0.25, -0.2) is 0 Å². The van der Waals surface area contributed by atoms with Gasteiger partial charge < -0.3 is 15.5 Å². The number of nitrogens with zero attached hydrogens (tertiary/aromatic N) is 2. The molecule has 2 aromatic rings. The number of amides is 2. The van der Waals surface area contributed by atoms with Crippen molar-refractivity contribution in [2.45, 2.75) is 6.92 Å². The lowest BCUT2D eigenvalue weighted by atomic mass is 10.1. The molecular weight excluding hydrogens is 336 g/mol. The average molecular weight is 354 g/mol. The van der Waals surface area contributed by atoms with Crippen molar-refractivity contribution in [1.29, 1.82) is 0 Å².